The van der Waals surface area contributed by atoms with Crippen LogP contribution in [0.4, 0.5) is 5.82 Å². The molecule has 1 aromatic heterocycles. The molecule has 0 amide bonds. The van der Waals surface area contributed by atoms with Crippen molar-refractivity contribution in [2.24, 2.45) is 0 Å². The summed E-state index contributed by atoms with van der Waals surface area (Å²) in [6.07, 6.45) is 0.964. The zero-order valence-corrected chi connectivity index (χ0v) is 9.62. The molecule has 5 nitrogen and oxygen atoms in total. The summed E-state index contributed by atoms with van der Waals surface area (Å²) >= 11 is 0. The van der Waals surface area contributed by atoms with E-state index in [-0.39, 0.29) is 17.5 Å². The molecular weight excluding hydrogens is 206 g/mol. The summed E-state index contributed by atoms with van der Waals surface area (Å²) in [6.45, 7) is 5.46. The predicted octanol–water partition coefficient (Wildman–Crippen LogP) is 1.09. The molecule has 16 heavy (non-hydrogen) atoms. The number of anilines is 1. The average molecular weight is 223 g/mol. The molecule has 1 aliphatic rings. The third-order valence-electron chi connectivity index (χ3n) is 2.59. The molecule has 1 aliphatic heterocycles. The number of aromatic amines is 1. The topological polar surface area (TPSA) is 67.0 Å². The molecule has 1 saturated heterocycles. The molecule has 1 unspecified atom stereocenters. The van der Waals surface area contributed by atoms with Crippen LogP contribution in [0.2, 0.25) is 0 Å². The standard InChI is InChI=1S/C11H17N3O2/c1-7(2)11-13-9(5-10(15)14-11)12-8-3-4-16-6-8/h5,7-8H,3-4,6H2,1-2H3,(H2,12,13,14,15). The Morgan fingerprint density at radius 3 is 3.06 bits per heavy atom. The highest BCUT2D eigenvalue weighted by Crippen LogP contribution is 2.12. The SMILES string of the molecule is CC(C)c1nc(NC2CCOC2)cc(=O)[nH]1. The number of H-pyrrole nitrogens is 1. The molecule has 0 aromatic carbocycles. The number of ether oxygens (including phenoxy) is 1. The summed E-state index contributed by atoms with van der Waals surface area (Å²) in [4.78, 5) is 18.5. The minimum Gasteiger partial charge on any atom is -0.379 e. The first-order valence-electron chi connectivity index (χ1n) is 5.60. The van der Waals surface area contributed by atoms with Crippen molar-refractivity contribution in [1.29, 1.82) is 0 Å². The molecule has 88 valence electrons. The lowest BCUT2D eigenvalue weighted by Gasteiger charge is -2.12. The fourth-order valence-corrected chi connectivity index (χ4v) is 1.68. The monoisotopic (exact) mass is 223 g/mol. The van der Waals surface area contributed by atoms with Crippen molar-refractivity contribution in [3.05, 3.63) is 22.2 Å². The van der Waals surface area contributed by atoms with E-state index >= 15 is 0 Å². The molecule has 1 aromatic rings. The van der Waals surface area contributed by atoms with E-state index in [4.69, 9.17) is 4.74 Å². The number of rotatable bonds is 3. The third-order valence-corrected chi connectivity index (χ3v) is 2.59. The van der Waals surface area contributed by atoms with Crippen molar-refractivity contribution in [2.75, 3.05) is 18.5 Å². The lowest BCUT2D eigenvalue weighted by molar-refractivity contribution is 0.195. The molecule has 0 spiro atoms. The van der Waals surface area contributed by atoms with E-state index < -0.39 is 0 Å². The number of nitrogens with zero attached hydrogens (tertiary/aromatic N) is 1. The van der Waals surface area contributed by atoms with Gasteiger partial charge in [-0.25, -0.2) is 4.98 Å². The highest BCUT2D eigenvalue weighted by molar-refractivity contribution is 5.34. The maximum atomic E-state index is 11.4. The minimum absolute atomic E-state index is 0.111. The van der Waals surface area contributed by atoms with Gasteiger partial charge in [0.05, 0.1) is 12.6 Å². The first-order chi connectivity index (χ1) is 7.65. The Labute approximate surface area is 94.2 Å². The summed E-state index contributed by atoms with van der Waals surface area (Å²) in [5.74, 6) is 1.58. The van der Waals surface area contributed by atoms with Crippen LogP contribution in [0.5, 0.6) is 0 Å². The molecule has 0 bridgehead atoms. The van der Waals surface area contributed by atoms with Crippen LogP contribution in [-0.2, 0) is 4.74 Å². The van der Waals surface area contributed by atoms with Crippen molar-refractivity contribution in [3.63, 3.8) is 0 Å². The minimum atomic E-state index is -0.111. The van der Waals surface area contributed by atoms with E-state index in [0.29, 0.717) is 18.2 Å². The van der Waals surface area contributed by atoms with Gasteiger partial charge in [0.1, 0.15) is 11.6 Å². The Hall–Kier alpha value is -1.36. The van der Waals surface area contributed by atoms with E-state index in [1.54, 1.807) is 0 Å². The normalized spacial score (nSPS) is 20.3. The molecule has 2 rings (SSSR count). The second-order valence-corrected chi connectivity index (χ2v) is 4.38. The van der Waals surface area contributed by atoms with Crippen molar-refractivity contribution in [3.8, 4) is 0 Å². The lowest BCUT2D eigenvalue weighted by atomic mass is 10.2. The second-order valence-electron chi connectivity index (χ2n) is 4.38. The Morgan fingerprint density at radius 2 is 2.44 bits per heavy atom. The maximum Gasteiger partial charge on any atom is 0.252 e. The van der Waals surface area contributed by atoms with Gasteiger partial charge in [-0.3, -0.25) is 4.79 Å². The zero-order valence-electron chi connectivity index (χ0n) is 9.62. The fourth-order valence-electron chi connectivity index (χ4n) is 1.68. The van der Waals surface area contributed by atoms with E-state index in [1.807, 2.05) is 13.8 Å². The van der Waals surface area contributed by atoms with Crippen LogP contribution < -0.4 is 10.9 Å². The predicted molar refractivity (Wildman–Crippen MR) is 61.8 cm³/mol. The lowest BCUT2D eigenvalue weighted by Crippen LogP contribution is -2.22. The smallest absolute Gasteiger partial charge is 0.252 e. The first-order valence-corrected chi connectivity index (χ1v) is 5.60. The molecule has 0 saturated carbocycles. The average Bonchev–Trinajstić information content (AvgIpc) is 2.69. The van der Waals surface area contributed by atoms with Crippen LogP contribution in [0.25, 0.3) is 0 Å². The number of aromatic nitrogens is 2. The Morgan fingerprint density at radius 1 is 1.62 bits per heavy atom. The Balaban J connectivity index is 2.16. The van der Waals surface area contributed by atoms with Gasteiger partial charge >= 0.3 is 0 Å². The molecule has 2 heterocycles. The van der Waals surface area contributed by atoms with Crippen molar-refractivity contribution < 1.29 is 4.74 Å². The van der Waals surface area contributed by atoms with Crippen LogP contribution in [0, 0.1) is 0 Å². The summed E-state index contributed by atoms with van der Waals surface area (Å²) in [6, 6.07) is 1.76. The number of hydrogen-bond donors (Lipinski definition) is 2. The van der Waals surface area contributed by atoms with Crippen molar-refractivity contribution >= 4 is 5.82 Å². The van der Waals surface area contributed by atoms with Gasteiger partial charge in [-0.15, -0.1) is 0 Å². The van der Waals surface area contributed by atoms with Gasteiger partial charge in [0.2, 0.25) is 0 Å². The van der Waals surface area contributed by atoms with E-state index in [2.05, 4.69) is 15.3 Å². The van der Waals surface area contributed by atoms with Gasteiger partial charge in [-0.05, 0) is 6.42 Å². The summed E-state index contributed by atoms with van der Waals surface area (Å²) in [5.41, 5.74) is -0.111. The quantitative estimate of drug-likeness (QED) is 0.805. The second kappa shape index (κ2) is 4.65. The van der Waals surface area contributed by atoms with Gasteiger partial charge in [0, 0.05) is 18.6 Å². The maximum absolute atomic E-state index is 11.4. The van der Waals surface area contributed by atoms with E-state index in [0.717, 1.165) is 13.0 Å². The number of hydrogen-bond acceptors (Lipinski definition) is 4. The van der Waals surface area contributed by atoms with Crippen molar-refractivity contribution in [2.45, 2.75) is 32.2 Å². The molecular formula is C11H17N3O2. The molecule has 0 aliphatic carbocycles. The largest absolute Gasteiger partial charge is 0.379 e. The van der Waals surface area contributed by atoms with E-state index in [9.17, 15) is 4.79 Å². The van der Waals surface area contributed by atoms with Crippen LogP contribution >= 0.6 is 0 Å². The van der Waals surface area contributed by atoms with Gasteiger partial charge in [0.25, 0.3) is 5.56 Å². The first kappa shape index (κ1) is 11.1. The van der Waals surface area contributed by atoms with Crippen LogP contribution in [0.15, 0.2) is 10.9 Å². The van der Waals surface area contributed by atoms with Crippen LogP contribution in [0.1, 0.15) is 32.0 Å². The zero-order chi connectivity index (χ0) is 11.5. The van der Waals surface area contributed by atoms with Gasteiger partial charge in [-0.1, -0.05) is 13.8 Å². The van der Waals surface area contributed by atoms with Crippen LogP contribution in [0.3, 0.4) is 0 Å². The third kappa shape index (κ3) is 2.61. The Bertz CT molecular complexity index is 408. The molecule has 0 radical (unpaired) electrons. The molecule has 1 fully saturated rings. The number of nitrogens with one attached hydrogen (secondary N) is 2. The van der Waals surface area contributed by atoms with E-state index in [1.165, 1.54) is 6.07 Å². The van der Waals surface area contributed by atoms with Crippen LogP contribution in [-0.4, -0.2) is 29.2 Å². The van der Waals surface area contributed by atoms with Gasteiger partial charge in [-0.2, -0.15) is 0 Å². The summed E-state index contributed by atoms with van der Waals surface area (Å²) < 4.78 is 5.26. The molecule has 2 N–H and O–H groups in total. The highest BCUT2D eigenvalue weighted by Gasteiger charge is 2.16. The summed E-state index contributed by atoms with van der Waals surface area (Å²) in [7, 11) is 0. The van der Waals surface area contributed by atoms with Gasteiger partial charge < -0.3 is 15.0 Å². The summed E-state index contributed by atoms with van der Waals surface area (Å²) in [5, 5.41) is 3.22. The highest BCUT2D eigenvalue weighted by atomic mass is 16.5. The van der Waals surface area contributed by atoms with Gasteiger partial charge in [0.15, 0.2) is 0 Å². The molecule has 5 heteroatoms. The Kier molecular flexibility index (Phi) is 3.24. The fraction of sp³-hybridized carbons (Fsp3) is 0.636. The van der Waals surface area contributed by atoms with Crippen molar-refractivity contribution in [1.82, 2.24) is 9.97 Å². The molecule has 1 atom stereocenters.